The normalized spacial score (nSPS) is 20.5. The first kappa shape index (κ1) is 16.1. The molecule has 1 unspecified atom stereocenters. The zero-order chi connectivity index (χ0) is 16.6. The third kappa shape index (κ3) is 2.55. The van der Waals surface area contributed by atoms with Crippen LogP contribution in [0.2, 0.25) is 0 Å². The zero-order valence-corrected chi connectivity index (χ0v) is 14.5. The van der Waals surface area contributed by atoms with E-state index < -0.39 is 5.60 Å². The van der Waals surface area contributed by atoms with Crippen LogP contribution in [0, 0.1) is 0 Å². The van der Waals surface area contributed by atoms with Crippen molar-refractivity contribution in [3.63, 3.8) is 0 Å². The molecule has 1 aliphatic heterocycles. The van der Waals surface area contributed by atoms with Gasteiger partial charge in [0, 0.05) is 25.0 Å². The lowest BCUT2D eigenvalue weighted by Crippen LogP contribution is -2.40. The molecular formula is C19H26N2O2. The molecule has 0 bridgehead atoms. The monoisotopic (exact) mass is 314 g/mol. The molecule has 23 heavy (non-hydrogen) atoms. The molecule has 4 heteroatoms. The summed E-state index contributed by atoms with van der Waals surface area (Å²) in [7, 11) is 3.60. The van der Waals surface area contributed by atoms with E-state index in [1.54, 1.807) is 19.0 Å². The Hall–Kier alpha value is -1.81. The summed E-state index contributed by atoms with van der Waals surface area (Å²) in [4.78, 5) is 17.6. The van der Waals surface area contributed by atoms with E-state index in [9.17, 15) is 4.79 Å². The maximum absolute atomic E-state index is 12.4. The van der Waals surface area contributed by atoms with Gasteiger partial charge in [-0.25, -0.2) is 0 Å². The summed E-state index contributed by atoms with van der Waals surface area (Å²) in [6.07, 6.45) is 3.07. The highest BCUT2D eigenvalue weighted by atomic mass is 16.5. The Balaban J connectivity index is 2.16. The first-order valence-electron chi connectivity index (χ1n) is 8.49. The van der Waals surface area contributed by atoms with Gasteiger partial charge in [-0.2, -0.15) is 0 Å². The van der Waals surface area contributed by atoms with Crippen molar-refractivity contribution in [1.29, 1.82) is 0 Å². The van der Waals surface area contributed by atoms with Crippen LogP contribution in [0.15, 0.2) is 18.2 Å². The van der Waals surface area contributed by atoms with Gasteiger partial charge in [-0.05, 0) is 30.4 Å². The zero-order valence-electron chi connectivity index (χ0n) is 14.5. The number of H-pyrrole nitrogens is 1. The molecule has 0 fully saturated rings. The minimum Gasteiger partial charge on any atom is -0.368 e. The fraction of sp³-hybridized carbons (Fsp3) is 0.526. The number of carbonyl (C=O) groups excluding carboxylic acids is 1. The van der Waals surface area contributed by atoms with Crippen LogP contribution in [-0.2, 0) is 28.0 Å². The van der Waals surface area contributed by atoms with E-state index in [1.165, 1.54) is 22.0 Å². The molecule has 1 atom stereocenters. The van der Waals surface area contributed by atoms with Crippen molar-refractivity contribution in [3.8, 4) is 0 Å². The molecular weight excluding hydrogens is 288 g/mol. The summed E-state index contributed by atoms with van der Waals surface area (Å²) < 4.78 is 6.19. The number of para-hydroxylation sites is 1. The van der Waals surface area contributed by atoms with Gasteiger partial charge in [0.25, 0.3) is 0 Å². The quantitative estimate of drug-likeness (QED) is 0.940. The molecule has 124 valence electrons. The van der Waals surface area contributed by atoms with Crippen molar-refractivity contribution in [1.82, 2.24) is 9.88 Å². The number of aromatic nitrogens is 1. The van der Waals surface area contributed by atoms with Crippen molar-refractivity contribution in [2.45, 2.75) is 45.1 Å². The fourth-order valence-electron chi connectivity index (χ4n) is 3.64. The summed E-state index contributed by atoms with van der Waals surface area (Å²) in [6.45, 7) is 4.95. The van der Waals surface area contributed by atoms with Crippen LogP contribution >= 0.6 is 0 Å². The highest BCUT2D eigenvalue weighted by Crippen LogP contribution is 2.42. The number of hydrogen-bond acceptors (Lipinski definition) is 2. The van der Waals surface area contributed by atoms with Crippen LogP contribution in [0.3, 0.4) is 0 Å². The van der Waals surface area contributed by atoms with Crippen molar-refractivity contribution in [2.75, 3.05) is 20.7 Å². The van der Waals surface area contributed by atoms with E-state index in [0.717, 1.165) is 25.0 Å². The third-order valence-electron chi connectivity index (χ3n) is 5.10. The van der Waals surface area contributed by atoms with Gasteiger partial charge in [0.15, 0.2) is 0 Å². The molecule has 2 aromatic rings. The molecule has 0 radical (unpaired) electrons. The maximum Gasteiger partial charge on any atom is 0.225 e. The Bertz CT molecular complexity index is 732. The lowest BCUT2D eigenvalue weighted by molar-refractivity contribution is -0.140. The number of carbonyl (C=O) groups is 1. The summed E-state index contributed by atoms with van der Waals surface area (Å²) >= 11 is 0. The summed E-state index contributed by atoms with van der Waals surface area (Å²) in [5.41, 5.74) is 4.44. The van der Waals surface area contributed by atoms with Gasteiger partial charge in [-0.15, -0.1) is 0 Å². The topological polar surface area (TPSA) is 45.3 Å². The average Bonchev–Trinajstić information content (AvgIpc) is 2.94. The van der Waals surface area contributed by atoms with Crippen molar-refractivity contribution in [2.24, 2.45) is 0 Å². The van der Waals surface area contributed by atoms with Gasteiger partial charge in [-0.1, -0.05) is 32.0 Å². The molecule has 1 N–H and O–H groups in total. The first-order chi connectivity index (χ1) is 11.0. The van der Waals surface area contributed by atoms with Crippen LogP contribution in [0.5, 0.6) is 0 Å². The standard InChI is InChI=1S/C19H26N2O2/c1-5-13-8-7-9-14-15-10-11-23-19(6-2,12-16(22)21(3)4)18(15)20-17(13)14/h7-9,20H,5-6,10-12H2,1-4H3. The molecule has 2 heterocycles. The first-order valence-corrected chi connectivity index (χ1v) is 8.49. The number of aryl methyl sites for hydroxylation is 1. The minimum absolute atomic E-state index is 0.106. The van der Waals surface area contributed by atoms with E-state index in [0.29, 0.717) is 13.0 Å². The summed E-state index contributed by atoms with van der Waals surface area (Å²) in [6, 6.07) is 6.48. The summed E-state index contributed by atoms with van der Waals surface area (Å²) in [5, 5.41) is 1.29. The highest BCUT2D eigenvalue weighted by molar-refractivity contribution is 5.88. The van der Waals surface area contributed by atoms with Crippen LogP contribution in [-0.4, -0.2) is 36.5 Å². The van der Waals surface area contributed by atoms with Gasteiger partial charge in [0.1, 0.15) is 5.60 Å². The lowest BCUT2D eigenvalue weighted by atomic mass is 9.85. The number of fused-ring (bicyclic) bond motifs is 3. The van der Waals surface area contributed by atoms with Crippen LogP contribution in [0.25, 0.3) is 10.9 Å². The fourth-order valence-corrected chi connectivity index (χ4v) is 3.64. The second-order valence-corrected chi connectivity index (χ2v) is 6.58. The molecule has 0 spiro atoms. The number of aromatic amines is 1. The molecule has 1 aromatic carbocycles. The SMILES string of the molecule is CCc1cccc2c3c([nH]c12)C(CC)(CC(=O)N(C)C)OCC3. The van der Waals surface area contributed by atoms with Gasteiger partial charge >= 0.3 is 0 Å². The van der Waals surface area contributed by atoms with Crippen LogP contribution in [0.1, 0.15) is 43.5 Å². The number of nitrogens with zero attached hydrogens (tertiary/aromatic N) is 1. The highest BCUT2D eigenvalue weighted by Gasteiger charge is 2.41. The van der Waals surface area contributed by atoms with Crippen molar-refractivity contribution in [3.05, 3.63) is 35.0 Å². The van der Waals surface area contributed by atoms with Gasteiger partial charge in [-0.3, -0.25) is 4.79 Å². The van der Waals surface area contributed by atoms with Crippen LogP contribution < -0.4 is 0 Å². The van der Waals surface area contributed by atoms with Gasteiger partial charge in [0.2, 0.25) is 5.91 Å². The van der Waals surface area contributed by atoms with E-state index in [1.807, 2.05) is 0 Å². The molecule has 3 rings (SSSR count). The molecule has 0 saturated heterocycles. The second kappa shape index (κ2) is 6.00. The van der Waals surface area contributed by atoms with Crippen molar-refractivity contribution >= 4 is 16.8 Å². The maximum atomic E-state index is 12.4. The molecule has 0 saturated carbocycles. The molecule has 4 nitrogen and oxygen atoms in total. The Morgan fingerprint density at radius 1 is 1.35 bits per heavy atom. The number of amides is 1. The van der Waals surface area contributed by atoms with Crippen LogP contribution in [0.4, 0.5) is 0 Å². The minimum atomic E-state index is -0.529. The van der Waals surface area contributed by atoms with Gasteiger partial charge in [0.05, 0.1) is 18.7 Å². The number of rotatable bonds is 4. The number of ether oxygens (including phenoxy) is 1. The van der Waals surface area contributed by atoms with Gasteiger partial charge < -0.3 is 14.6 Å². The van der Waals surface area contributed by atoms with Crippen molar-refractivity contribution < 1.29 is 9.53 Å². The van der Waals surface area contributed by atoms with E-state index in [4.69, 9.17) is 4.74 Å². The molecule has 0 aliphatic carbocycles. The average molecular weight is 314 g/mol. The Labute approximate surface area is 137 Å². The largest absolute Gasteiger partial charge is 0.368 e. The number of hydrogen-bond donors (Lipinski definition) is 1. The number of nitrogens with one attached hydrogen (secondary N) is 1. The molecule has 1 aromatic heterocycles. The predicted molar refractivity (Wildman–Crippen MR) is 92.6 cm³/mol. The Morgan fingerprint density at radius 3 is 2.78 bits per heavy atom. The summed E-state index contributed by atoms with van der Waals surface area (Å²) in [5.74, 6) is 0.106. The molecule has 1 amide bonds. The second-order valence-electron chi connectivity index (χ2n) is 6.58. The Morgan fingerprint density at radius 2 is 2.13 bits per heavy atom. The Kier molecular flexibility index (Phi) is 4.19. The molecule has 1 aliphatic rings. The lowest BCUT2D eigenvalue weighted by Gasteiger charge is -2.37. The van der Waals surface area contributed by atoms with E-state index >= 15 is 0 Å². The smallest absolute Gasteiger partial charge is 0.225 e. The predicted octanol–water partition coefficient (Wildman–Crippen LogP) is 3.39. The van der Waals surface area contributed by atoms with E-state index in [2.05, 4.69) is 37.0 Å². The van der Waals surface area contributed by atoms with E-state index in [-0.39, 0.29) is 5.91 Å². The number of benzene rings is 1. The third-order valence-corrected chi connectivity index (χ3v) is 5.10.